The molecule has 41 heavy (non-hydrogen) atoms. The van der Waals surface area contributed by atoms with Crippen LogP contribution in [0, 0.1) is 0 Å². The molecule has 0 saturated heterocycles. The Bertz CT molecular complexity index is 1520. The van der Waals surface area contributed by atoms with Gasteiger partial charge in [-0.3, -0.25) is 19.4 Å². The molecular weight excluding hydrogens is 540 g/mol. The van der Waals surface area contributed by atoms with E-state index in [0.29, 0.717) is 34.0 Å². The lowest BCUT2D eigenvalue weighted by molar-refractivity contribution is -0.114. The summed E-state index contributed by atoms with van der Waals surface area (Å²) in [6, 6.07) is 24.4. The van der Waals surface area contributed by atoms with E-state index < -0.39 is 11.8 Å². The highest BCUT2D eigenvalue weighted by Crippen LogP contribution is 2.27. The Morgan fingerprint density at radius 3 is 2.27 bits per heavy atom. The van der Waals surface area contributed by atoms with Crippen molar-refractivity contribution in [3.8, 4) is 11.5 Å². The number of thioether (sulfide) groups is 1. The molecule has 3 amide bonds. The first-order chi connectivity index (χ1) is 19.9. The van der Waals surface area contributed by atoms with Gasteiger partial charge in [0.05, 0.1) is 20.0 Å². The number of ether oxygens (including phenoxy) is 2. The smallest absolute Gasteiger partial charge is 0.272 e. The molecule has 0 aliphatic rings. The first-order valence-corrected chi connectivity index (χ1v) is 13.5. The van der Waals surface area contributed by atoms with Crippen LogP contribution in [-0.4, -0.2) is 42.7 Å². The zero-order valence-corrected chi connectivity index (χ0v) is 23.2. The third kappa shape index (κ3) is 8.70. The van der Waals surface area contributed by atoms with E-state index in [1.54, 1.807) is 97.3 Å². The Hall–Kier alpha value is -5.09. The van der Waals surface area contributed by atoms with Crippen molar-refractivity contribution in [3.05, 3.63) is 114 Å². The van der Waals surface area contributed by atoms with Crippen molar-refractivity contribution >= 4 is 46.9 Å². The van der Waals surface area contributed by atoms with Crippen molar-refractivity contribution < 1.29 is 23.9 Å². The molecule has 0 atom stereocenters. The van der Waals surface area contributed by atoms with Gasteiger partial charge >= 0.3 is 0 Å². The van der Waals surface area contributed by atoms with Crippen molar-refractivity contribution in [1.82, 2.24) is 10.3 Å². The first kappa shape index (κ1) is 28.9. The summed E-state index contributed by atoms with van der Waals surface area (Å²) in [7, 11) is 3.08. The standard InChI is InChI=1S/C31H28N4O5S/c1-39-25-15-24(16-26(18-25)40-2)33-29(36)20-41-27-12-6-11-23(17-27)34-31(38)28(14-21-8-7-13-32-19-21)35-30(37)22-9-4-3-5-10-22/h3-19H,20H2,1-2H3,(H,33,36)(H,34,38)(H,35,37)/b28-14-. The molecule has 0 unspecified atom stereocenters. The Morgan fingerprint density at radius 1 is 0.829 bits per heavy atom. The number of nitrogens with zero attached hydrogens (tertiary/aromatic N) is 1. The number of carbonyl (C=O) groups excluding carboxylic acids is 3. The van der Waals surface area contributed by atoms with Gasteiger partial charge in [-0.05, 0) is 48.0 Å². The van der Waals surface area contributed by atoms with Crippen LogP contribution in [0.2, 0.25) is 0 Å². The van der Waals surface area contributed by atoms with E-state index in [9.17, 15) is 14.4 Å². The van der Waals surface area contributed by atoms with Crippen LogP contribution in [-0.2, 0) is 9.59 Å². The molecule has 0 saturated carbocycles. The highest BCUT2D eigenvalue weighted by atomic mass is 32.2. The molecule has 1 heterocycles. The predicted octanol–water partition coefficient (Wildman–Crippen LogP) is 5.24. The van der Waals surface area contributed by atoms with E-state index in [0.717, 1.165) is 4.90 Å². The van der Waals surface area contributed by atoms with E-state index in [1.165, 1.54) is 26.0 Å². The van der Waals surface area contributed by atoms with Gasteiger partial charge in [0, 0.05) is 52.4 Å². The summed E-state index contributed by atoms with van der Waals surface area (Å²) in [6.07, 6.45) is 4.77. The number of nitrogens with one attached hydrogen (secondary N) is 3. The van der Waals surface area contributed by atoms with Crippen LogP contribution >= 0.6 is 11.8 Å². The molecule has 0 spiro atoms. The lowest BCUT2D eigenvalue weighted by atomic mass is 10.2. The monoisotopic (exact) mass is 568 g/mol. The largest absolute Gasteiger partial charge is 0.497 e. The number of carbonyl (C=O) groups is 3. The van der Waals surface area contributed by atoms with Crippen LogP contribution in [0.15, 0.2) is 108 Å². The molecule has 10 heteroatoms. The number of anilines is 2. The Morgan fingerprint density at radius 2 is 1.59 bits per heavy atom. The number of amides is 3. The maximum atomic E-state index is 13.3. The van der Waals surface area contributed by atoms with E-state index in [2.05, 4.69) is 20.9 Å². The van der Waals surface area contributed by atoms with E-state index >= 15 is 0 Å². The van der Waals surface area contributed by atoms with Crippen LogP contribution in [0.1, 0.15) is 15.9 Å². The molecule has 4 rings (SSSR count). The van der Waals surface area contributed by atoms with Gasteiger partial charge in [0.1, 0.15) is 17.2 Å². The fourth-order valence-corrected chi connectivity index (χ4v) is 4.41. The van der Waals surface area contributed by atoms with Gasteiger partial charge < -0.3 is 25.4 Å². The number of hydrogen-bond donors (Lipinski definition) is 3. The van der Waals surface area contributed by atoms with Crippen molar-refractivity contribution in [1.29, 1.82) is 0 Å². The Labute approximate surface area is 242 Å². The molecule has 0 aliphatic heterocycles. The average molecular weight is 569 g/mol. The predicted molar refractivity (Wildman–Crippen MR) is 160 cm³/mol. The third-order valence-corrected chi connectivity index (χ3v) is 6.62. The Balaban J connectivity index is 1.42. The third-order valence-electron chi connectivity index (χ3n) is 5.62. The van der Waals surface area contributed by atoms with E-state index in [1.807, 2.05) is 6.07 Å². The van der Waals surface area contributed by atoms with Crippen molar-refractivity contribution in [2.45, 2.75) is 4.90 Å². The maximum absolute atomic E-state index is 13.3. The number of hydrogen-bond acceptors (Lipinski definition) is 7. The quantitative estimate of drug-likeness (QED) is 0.167. The molecule has 0 fully saturated rings. The maximum Gasteiger partial charge on any atom is 0.272 e. The summed E-state index contributed by atoms with van der Waals surface area (Å²) < 4.78 is 10.5. The molecular formula is C31H28N4O5S. The minimum absolute atomic E-state index is 0.0537. The molecule has 0 bridgehead atoms. The summed E-state index contributed by atoms with van der Waals surface area (Å²) in [5.74, 6) is 0.117. The number of pyridine rings is 1. The van der Waals surface area contributed by atoms with Crippen molar-refractivity contribution in [3.63, 3.8) is 0 Å². The molecule has 1 aromatic heterocycles. The van der Waals surface area contributed by atoms with E-state index in [4.69, 9.17) is 9.47 Å². The molecule has 0 aliphatic carbocycles. The highest BCUT2D eigenvalue weighted by Gasteiger charge is 2.16. The first-order valence-electron chi connectivity index (χ1n) is 12.5. The summed E-state index contributed by atoms with van der Waals surface area (Å²) in [6.45, 7) is 0. The lowest BCUT2D eigenvalue weighted by Gasteiger charge is -2.12. The SMILES string of the molecule is COc1cc(NC(=O)CSc2cccc(NC(=O)/C(=C/c3cccnc3)NC(=O)c3ccccc3)c2)cc(OC)c1. The van der Waals surface area contributed by atoms with E-state index in [-0.39, 0.29) is 17.4 Å². The zero-order chi connectivity index (χ0) is 29.0. The van der Waals surface area contributed by atoms with Crippen molar-refractivity contribution in [2.75, 3.05) is 30.6 Å². The van der Waals surface area contributed by atoms with Crippen LogP contribution in [0.4, 0.5) is 11.4 Å². The molecule has 0 radical (unpaired) electrons. The second-order valence-electron chi connectivity index (χ2n) is 8.58. The van der Waals surface area contributed by atoms with Crippen LogP contribution < -0.4 is 25.4 Å². The molecule has 3 aromatic carbocycles. The number of methoxy groups -OCH3 is 2. The minimum atomic E-state index is -0.509. The van der Waals surface area contributed by atoms with Gasteiger partial charge in [0.25, 0.3) is 11.8 Å². The van der Waals surface area contributed by atoms with Gasteiger partial charge in [-0.2, -0.15) is 0 Å². The second kappa shape index (κ2) is 14.3. The normalized spacial score (nSPS) is 10.8. The molecule has 9 nitrogen and oxygen atoms in total. The minimum Gasteiger partial charge on any atom is -0.497 e. The van der Waals surface area contributed by atoms with Gasteiger partial charge in [-0.25, -0.2) is 0 Å². The van der Waals surface area contributed by atoms with Gasteiger partial charge in [-0.15, -0.1) is 11.8 Å². The van der Waals surface area contributed by atoms with Crippen LogP contribution in [0.25, 0.3) is 6.08 Å². The van der Waals surface area contributed by atoms with Gasteiger partial charge in [-0.1, -0.05) is 30.3 Å². The molecule has 4 aromatic rings. The van der Waals surface area contributed by atoms with Crippen molar-refractivity contribution in [2.24, 2.45) is 0 Å². The van der Waals surface area contributed by atoms with Crippen LogP contribution in [0.3, 0.4) is 0 Å². The fraction of sp³-hybridized carbons (Fsp3) is 0.0968. The average Bonchev–Trinajstić information content (AvgIpc) is 3.00. The summed E-state index contributed by atoms with van der Waals surface area (Å²) in [5, 5.41) is 8.37. The number of benzene rings is 3. The number of rotatable bonds is 11. The van der Waals surface area contributed by atoms with Gasteiger partial charge in [0.15, 0.2) is 0 Å². The Kier molecular flexibility index (Phi) is 10.1. The highest BCUT2D eigenvalue weighted by molar-refractivity contribution is 8.00. The molecule has 208 valence electrons. The summed E-state index contributed by atoms with van der Waals surface area (Å²) >= 11 is 1.31. The van der Waals surface area contributed by atoms with Gasteiger partial charge in [0.2, 0.25) is 5.91 Å². The molecule has 3 N–H and O–H groups in total. The lowest BCUT2D eigenvalue weighted by Crippen LogP contribution is -2.30. The topological polar surface area (TPSA) is 119 Å². The summed E-state index contributed by atoms with van der Waals surface area (Å²) in [5.41, 5.74) is 2.18. The second-order valence-corrected chi connectivity index (χ2v) is 9.63. The summed E-state index contributed by atoms with van der Waals surface area (Å²) in [4.78, 5) is 43.5. The zero-order valence-electron chi connectivity index (χ0n) is 22.4. The number of aromatic nitrogens is 1. The fourth-order valence-electron chi connectivity index (χ4n) is 3.66. The van der Waals surface area contributed by atoms with Crippen LogP contribution in [0.5, 0.6) is 11.5 Å².